The minimum Gasteiger partial charge on any atom is -0.468 e. The van der Waals surface area contributed by atoms with E-state index in [0.29, 0.717) is 26.9 Å². The monoisotopic (exact) mass is 423 g/mol. The maximum Gasteiger partial charge on any atom is 0.338 e. The van der Waals surface area contributed by atoms with Gasteiger partial charge in [0.25, 0.3) is 5.91 Å². The van der Waals surface area contributed by atoms with Gasteiger partial charge in [0.15, 0.2) is 4.80 Å². The zero-order valence-corrected chi connectivity index (χ0v) is 17.1. The van der Waals surface area contributed by atoms with Gasteiger partial charge in [0.1, 0.15) is 6.54 Å². The third-order valence-electron chi connectivity index (χ3n) is 4.17. The Morgan fingerprint density at radius 1 is 1.13 bits per heavy atom. The van der Waals surface area contributed by atoms with Gasteiger partial charge in [0, 0.05) is 5.56 Å². The predicted molar refractivity (Wildman–Crippen MR) is 109 cm³/mol. The van der Waals surface area contributed by atoms with Crippen LogP contribution >= 0.6 is 11.3 Å². The molecule has 0 fully saturated rings. The third-order valence-corrected chi connectivity index (χ3v) is 5.21. The first-order valence-electron chi connectivity index (χ1n) is 8.93. The number of fused-ring (bicyclic) bond motifs is 1. The fourth-order valence-electron chi connectivity index (χ4n) is 2.69. The molecule has 3 aromatic rings. The Morgan fingerprint density at radius 2 is 1.83 bits per heavy atom. The molecule has 1 heterocycles. The summed E-state index contributed by atoms with van der Waals surface area (Å²) in [4.78, 5) is 41.0. The topological polar surface area (TPSA) is 111 Å². The van der Waals surface area contributed by atoms with Gasteiger partial charge in [-0.25, -0.2) is 4.79 Å². The summed E-state index contributed by atoms with van der Waals surface area (Å²) in [6, 6.07) is 13.0. The molecule has 0 spiro atoms. The van der Waals surface area contributed by atoms with E-state index in [2.05, 4.69) is 4.99 Å². The lowest BCUT2D eigenvalue weighted by molar-refractivity contribution is -0.141. The van der Waals surface area contributed by atoms with Crippen LogP contribution in [0.4, 0.5) is 0 Å². The van der Waals surface area contributed by atoms with Gasteiger partial charge in [0.05, 0.1) is 41.1 Å². The summed E-state index contributed by atoms with van der Waals surface area (Å²) in [6.45, 7) is 1.83. The molecule has 0 radical (unpaired) electrons. The number of methoxy groups -OCH3 is 1. The van der Waals surface area contributed by atoms with Crippen LogP contribution in [0.3, 0.4) is 0 Å². The van der Waals surface area contributed by atoms with E-state index in [0.717, 1.165) is 11.3 Å². The van der Waals surface area contributed by atoms with Crippen molar-refractivity contribution >= 4 is 39.4 Å². The lowest BCUT2D eigenvalue weighted by Crippen LogP contribution is -2.22. The molecule has 0 unspecified atom stereocenters. The highest BCUT2D eigenvalue weighted by atomic mass is 32.1. The molecule has 0 saturated heterocycles. The van der Waals surface area contributed by atoms with E-state index < -0.39 is 17.8 Å². The van der Waals surface area contributed by atoms with Gasteiger partial charge < -0.3 is 14.0 Å². The molecule has 9 heteroatoms. The number of esters is 2. The number of carbonyl (C=O) groups is 3. The molecule has 0 atom stereocenters. The average molecular weight is 423 g/mol. The number of aromatic nitrogens is 1. The Bertz CT molecular complexity index is 1230. The van der Waals surface area contributed by atoms with Crippen LogP contribution in [-0.4, -0.2) is 36.1 Å². The van der Waals surface area contributed by atoms with Crippen molar-refractivity contribution in [1.29, 1.82) is 5.26 Å². The lowest BCUT2D eigenvalue weighted by Gasteiger charge is -2.05. The highest BCUT2D eigenvalue weighted by Gasteiger charge is 2.15. The van der Waals surface area contributed by atoms with Crippen molar-refractivity contribution in [1.82, 2.24) is 4.57 Å². The van der Waals surface area contributed by atoms with Crippen molar-refractivity contribution in [2.24, 2.45) is 4.99 Å². The Labute approximate surface area is 175 Å². The second-order valence-electron chi connectivity index (χ2n) is 6.06. The van der Waals surface area contributed by atoms with Gasteiger partial charge in [-0.2, -0.15) is 10.3 Å². The molecule has 0 saturated carbocycles. The van der Waals surface area contributed by atoms with Crippen LogP contribution in [0.1, 0.15) is 33.2 Å². The van der Waals surface area contributed by atoms with Crippen molar-refractivity contribution in [3.05, 3.63) is 64.0 Å². The van der Waals surface area contributed by atoms with Gasteiger partial charge in [-0.3, -0.25) is 9.59 Å². The van der Waals surface area contributed by atoms with Crippen molar-refractivity contribution in [3.63, 3.8) is 0 Å². The SMILES string of the molecule is CCOC(=O)c1ccc2c(c1)sc(=NC(=O)c1ccc(C#N)cc1)n2CC(=O)OC. The molecule has 1 aromatic heterocycles. The normalized spacial score (nSPS) is 11.2. The van der Waals surface area contributed by atoms with Crippen molar-refractivity contribution in [3.8, 4) is 6.07 Å². The van der Waals surface area contributed by atoms with Crippen LogP contribution in [0.15, 0.2) is 47.5 Å². The molecule has 152 valence electrons. The van der Waals surface area contributed by atoms with Gasteiger partial charge in [0.2, 0.25) is 0 Å². The zero-order valence-electron chi connectivity index (χ0n) is 16.2. The van der Waals surface area contributed by atoms with Gasteiger partial charge in [-0.05, 0) is 49.4 Å². The standard InChI is InChI=1S/C21H17N3O5S/c1-3-29-20(27)15-8-9-16-17(10-15)30-21(24(16)12-18(25)28-2)23-19(26)14-6-4-13(11-22)5-7-14/h4-10H,3,12H2,1-2H3. The molecule has 30 heavy (non-hydrogen) atoms. The largest absolute Gasteiger partial charge is 0.468 e. The highest BCUT2D eigenvalue weighted by molar-refractivity contribution is 7.16. The summed E-state index contributed by atoms with van der Waals surface area (Å²) in [5.74, 6) is -1.48. The number of benzene rings is 2. The van der Waals surface area contributed by atoms with Gasteiger partial charge >= 0.3 is 11.9 Å². The summed E-state index contributed by atoms with van der Waals surface area (Å²) >= 11 is 1.16. The highest BCUT2D eigenvalue weighted by Crippen LogP contribution is 2.20. The van der Waals surface area contributed by atoms with Crippen molar-refractivity contribution in [2.75, 3.05) is 13.7 Å². The maximum absolute atomic E-state index is 12.6. The Balaban J connectivity index is 2.10. The van der Waals surface area contributed by atoms with Gasteiger partial charge in [-0.1, -0.05) is 11.3 Å². The molecule has 0 bridgehead atoms. The molecular weight excluding hydrogens is 406 g/mol. The second-order valence-corrected chi connectivity index (χ2v) is 7.07. The number of thiazole rings is 1. The fraction of sp³-hybridized carbons (Fsp3) is 0.190. The minimum atomic E-state index is -0.518. The molecule has 0 aliphatic heterocycles. The van der Waals surface area contributed by atoms with Crippen molar-refractivity contribution < 1.29 is 23.9 Å². The number of hydrogen-bond donors (Lipinski definition) is 0. The van der Waals surface area contributed by atoms with E-state index in [1.807, 2.05) is 6.07 Å². The van der Waals surface area contributed by atoms with E-state index >= 15 is 0 Å². The number of nitrogens with zero attached hydrogens (tertiary/aromatic N) is 3. The Kier molecular flexibility index (Phi) is 6.39. The van der Waals surface area contributed by atoms with Crippen LogP contribution in [0, 0.1) is 11.3 Å². The van der Waals surface area contributed by atoms with E-state index in [1.165, 1.54) is 31.4 Å². The Hall–Kier alpha value is -3.77. The molecule has 0 aliphatic rings. The van der Waals surface area contributed by atoms with Crippen molar-refractivity contribution in [2.45, 2.75) is 13.5 Å². The van der Waals surface area contributed by atoms with Crippen LogP contribution in [-0.2, 0) is 20.8 Å². The Morgan fingerprint density at radius 3 is 2.47 bits per heavy atom. The number of rotatable bonds is 5. The first kappa shape index (κ1) is 21.0. The smallest absolute Gasteiger partial charge is 0.338 e. The number of amides is 1. The van der Waals surface area contributed by atoms with Crippen LogP contribution in [0.5, 0.6) is 0 Å². The molecule has 0 N–H and O–H groups in total. The fourth-order valence-corrected chi connectivity index (χ4v) is 3.75. The number of carbonyl (C=O) groups excluding carboxylic acids is 3. The van der Waals surface area contributed by atoms with E-state index in [9.17, 15) is 14.4 Å². The van der Waals surface area contributed by atoms with Crippen LogP contribution in [0.25, 0.3) is 10.2 Å². The summed E-state index contributed by atoms with van der Waals surface area (Å²) in [7, 11) is 1.27. The number of ether oxygens (including phenoxy) is 2. The van der Waals surface area contributed by atoms with E-state index in [1.54, 1.807) is 29.7 Å². The minimum absolute atomic E-state index is 0.144. The summed E-state index contributed by atoms with van der Waals surface area (Å²) in [5, 5.41) is 8.88. The first-order chi connectivity index (χ1) is 14.5. The molecule has 8 nitrogen and oxygen atoms in total. The molecular formula is C21H17N3O5S. The predicted octanol–water partition coefficient (Wildman–Crippen LogP) is 2.67. The molecule has 1 amide bonds. The lowest BCUT2D eigenvalue weighted by atomic mass is 10.1. The zero-order chi connectivity index (χ0) is 21.7. The van der Waals surface area contributed by atoms with Gasteiger partial charge in [-0.15, -0.1) is 0 Å². The maximum atomic E-state index is 12.6. The summed E-state index contributed by atoms with van der Waals surface area (Å²) in [6.07, 6.45) is 0. The summed E-state index contributed by atoms with van der Waals surface area (Å²) < 4.78 is 12.0. The second kappa shape index (κ2) is 9.15. The number of nitriles is 1. The van der Waals surface area contributed by atoms with Crippen LogP contribution < -0.4 is 4.80 Å². The average Bonchev–Trinajstić information content (AvgIpc) is 3.09. The quantitative estimate of drug-likeness (QED) is 0.584. The summed E-state index contributed by atoms with van der Waals surface area (Å²) in [5.41, 5.74) is 1.73. The molecule has 2 aromatic carbocycles. The first-order valence-corrected chi connectivity index (χ1v) is 9.75. The van der Waals surface area contributed by atoms with E-state index in [4.69, 9.17) is 14.7 Å². The molecule has 3 rings (SSSR count). The van der Waals surface area contributed by atoms with E-state index in [-0.39, 0.29) is 18.0 Å². The third kappa shape index (κ3) is 4.45. The number of hydrogen-bond acceptors (Lipinski definition) is 7. The van der Waals surface area contributed by atoms with Crippen LogP contribution in [0.2, 0.25) is 0 Å². The molecule has 0 aliphatic carbocycles.